The normalized spacial score (nSPS) is 18.2. The number of nitrogens with zero attached hydrogens (tertiary/aromatic N) is 2. The van der Waals surface area contributed by atoms with Crippen molar-refractivity contribution in [3.8, 4) is 5.75 Å². The number of rotatable bonds is 4. The molecule has 0 unspecified atom stereocenters. The highest BCUT2D eigenvalue weighted by Crippen LogP contribution is 2.30. The topological polar surface area (TPSA) is 71.1 Å². The standard InChI is InChI=1S/C23H22ClN3O4S/c1-14-3-5-17(12-19(14)24)27-22(29)18(21(28)25-23(27)32)11-15-4-6-16(13-20(15)30-2)26-7-9-31-10-8-26/h3-6,11-13H,7-10H2,1-2H3,(H,25,28,32). The number of amides is 2. The predicted molar refractivity (Wildman–Crippen MR) is 128 cm³/mol. The van der Waals surface area contributed by atoms with E-state index >= 15 is 0 Å². The molecule has 2 aliphatic rings. The van der Waals surface area contributed by atoms with Crippen LogP contribution in [0.4, 0.5) is 11.4 Å². The molecule has 9 heteroatoms. The van der Waals surface area contributed by atoms with Crippen molar-refractivity contribution in [1.82, 2.24) is 5.32 Å². The number of aryl methyl sites for hydroxylation is 1. The molecule has 0 aromatic heterocycles. The molecule has 2 heterocycles. The summed E-state index contributed by atoms with van der Waals surface area (Å²) < 4.78 is 11.0. The summed E-state index contributed by atoms with van der Waals surface area (Å²) in [6, 6.07) is 10.8. The summed E-state index contributed by atoms with van der Waals surface area (Å²) >= 11 is 11.5. The van der Waals surface area contributed by atoms with Gasteiger partial charge in [-0.15, -0.1) is 0 Å². The number of hydrogen-bond acceptors (Lipinski definition) is 6. The van der Waals surface area contributed by atoms with Gasteiger partial charge in [0.05, 0.1) is 26.0 Å². The van der Waals surface area contributed by atoms with Crippen LogP contribution in [0.15, 0.2) is 42.0 Å². The summed E-state index contributed by atoms with van der Waals surface area (Å²) in [5.74, 6) is -0.535. The molecule has 2 aliphatic heterocycles. The summed E-state index contributed by atoms with van der Waals surface area (Å²) in [4.78, 5) is 29.4. The molecule has 0 aliphatic carbocycles. The monoisotopic (exact) mass is 471 g/mol. The Morgan fingerprint density at radius 2 is 1.84 bits per heavy atom. The molecule has 0 atom stereocenters. The summed E-state index contributed by atoms with van der Waals surface area (Å²) in [5.41, 5.74) is 2.90. The number of thiocarbonyl (C=S) groups is 1. The first kappa shape index (κ1) is 22.3. The van der Waals surface area contributed by atoms with Gasteiger partial charge in [-0.1, -0.05) is 17.7 Å². The van der Waals surface area contributed by atoms with Gasteiger partial charge >= 0.3 is 0 Å². The maximum absolute atomic E-state index is 13.3. The highest BCUT2D eigenvalue weighted by molar-refractivity contribution is 7.80. The zero-order valence-electron chi connectivity index (χ0n) is 17.7. The number of carbonyl (C=O) groups is 2. The van der Waals surface area contributed by atoms with Gasteiger partial charge in [-0.3, -0.25) is 19.8 Å². The molecule has 2 amide bonds. The van der Waals surface area contributed by atoms with Gasteiger partial charge in [0, 0.05) is 35.4 Å². The van der Waals surface area contributed by atoms with Crippen LogP contribution in [0.3, 0.4) is 0 Å². The molecule has 2 aromatic carbocycles. The number of nitrogens with one attached hydrogen (secondary N) is 1. The van der Waals surface area contributed by atoms with E-state index in [9.17, 15) is 9.59 Å². The summed E-state index contributed by atoms with van der Waals surface area (Å²) in [6.45, 7) is 4.78. The van der Waals surface area contributed by atoms with E-state index < -0.39 is 11.8 Å². The molecule has 2 saturated heterocycles. The first-order valence-corrected chi connectivity index (χ1v) is 10.9. The molecule has 0 saturated carbocycles. The SMILES string of the molecule is COc1cc(N2CCOCC2)ccc1C=C1C(=O)NC(=S)N(c2ccc(C)c(Cl)c2)C1=O. The Morgan fingerprint density at radius 1 is 1.12 bits per heavy atom. The Morgan fingerprint density at radius 3 is 2.53 bits per heavy atom. The summed E-state index contributed by atoms with van der Waals surface area (Å²) in [5, 5.41) is 3.09. The third-order valence-corrected chi connectivity index (χ3v) is 6.10. The zero-order chi connectivity index (χ0) is 22.8. The molecule has 4 rings (SSSR count). The molecule has 2 aromatic rings. The zero-order valence-corrected chi connectivity index (χ0v) is 19.3. The van der Waals surface area contributed by atoms with Gasteiger partial charge in [0.1, 0.15) is 11.3 Å². The number of halogens is 1. The van der Waals surface area contributed by atoms with Crippen LogP contribution in [-0.2, 0) is 14.3 Å². The van der Waals surface area contributed by atoms with Crippen LogP contribution in [0.2, 0.25) is 5.02 Å². The lowest BCUT2D eigenvalue weighted by Crippen LogP contribution is -2.54. The number of benzene rings is 2. The number of carbonyl (C=O) groups excluding carboxylic acids is 2. The van der Waals surface area contributed by atoms with Crippen molar-refractivity contribution in [2.24, 2.45) is 0 Å². The first-order chi connectivity index (χ1) is 15.4. The van der Waals surface area contributed by atoms with Crippen LogP contribution < -0.4 is 19.9 Å². The molecule has 0 radical (unpaired) electrons. The van der Waals surface area contributed by atoms with Crippen LogP contribution in [-0.4, -0.2) is 50.3 Å². The number of hydrogen-bond donors (Lipinski definition) is 1. The van der Waals surface area contributed by atoms with Crippen molar-refractivity contribution in [2.75, 3.05) is 43.2 Å². The maximum Gasteiger partial charge on any atom is 0.270 e. The molecular weight excluding hydrogens is 450 g/mol. The highest BCUT2D eigenvalue weighted by atomic mass is 35.5. The van der Waals surface area contributed by atoms with Crippen molar-refractivity contribution in [2.45, 2.75) is 6.92 Å². The second-order valence-corrected chi connectivity index (χ2v) is 8.21. The van der Waals surface area contributed by atoms with E-state index in [1.807, 2.05) is 25.1 Å². The lowest BCUT2D eigenvalue weighted by atomic mass is 10.0. The van der Waals surface area contributed by atoms with E-state index in [2.05, 4.69) is 10.2 Å². The van der Waals surface area contributed by atoms with Crippen LogP contribution in [0.5, 0.6) is 5.75 Å². The fourth-order valence-corrected chi connectivity index (χ4v) is 4.06. The van der Waals surface area contributed by atoms with Crippen molar-refractivity contribution < 1.29 is 19.1 Å². The second-order valence-electron chi connectivity index (χ2n) is 7.42. The van der Waals surface area contributed by atoms with Crippen molar-refractivity contribution in [1.29, 1.82) is 0 Å². The summed E-state index contributed by atoms with van der Waals surface area (Å²) in [6.07, 6.45) is 1.52. The molecule has 0 bridgehead atoms. The number of morpholine rings is 1. The maximum atomic E-state index is 13.3. The lowest BCUT2D eigenvalue weighted by molar-refractivity contribution is -0.122. The minimum atomic E-state index is -0.561. The molecular formula is C23H22ClN3O4S. The molecule has 7 nitrogen and oxygen atoms in total. The van der Waals surface area contributed by atoms with E-state index in [0.717, 1.165) is 24.3 Å². The van der Waals surface area contributed by atoms with Gasteiger partial charge in [-0.05, 0) is 55.0 Å². The van der Waals surface area contributed by atoms with Crippen LogP contribution in [0.25, 0.3) is 6.08 Å². The smallest absolute Gasteiger partial charge is 0.270 e. The quantitative estimate of drug-likeness (QED) is 0.419. The van der Waals surface area contributed by atoms with Gasteiger partial charge in [0.25, 0.3) is 11.8 Å². The molecule has 0 spiro atoms. The van der Waals surface area contributed by atoms with E-state index in [-0.39, 0.29) is 10.7 Å². The Balaban J connectivity index is 1.68. The predicted octanol–water partition coefficient (Wildman–Crippen LogP) is 3.32. The first-order valence-electron chi connectivity index (χ1n) is 10.1. The van der Waals surface area contributed by atoms with Crippen LogP contribution >= 0.6 is 23.8 Å². The summed E-state index contributed by atoms with van der Waals surface area (Å²) in [7, 11) is 1.55. The molecule has 32 heavy (non-hydrogen) atoms. The molecule has 1 N–H and O–H groups in total. The Kier molecular flexibility index (Phi) is 6.45. The minimum absolute atomic E-state index is 0.00620. The average Bonchev–Trinajstić information content (AvgIpc) is 2.79. The van der Waals surface area contributed by atoms with Crippen LogP contribution in [0.1, 0.15) is 11.1 Å². The van der Waals surface area contributed by atoms with Crippen molar-refractivity contribution in [3.05, 3.63) is 58.1 Å². The largest absolute Gasteiger partial charge is 0.496 e. The van der Waals surface area contributed by atoms with E-state index in [0.29, 0.717) is 35.2 Å². The fourth-order valence-electron chi connectivity index (χ4n) is 3.61. The van der Waals surface area contributed by atoms with Gasteiger partial charge in [0.15, 0.2) is 5.11 Å². The van der Waals surface area contributed by atoms with Gasteiger partial charge < -0.3 is 14.4 Å². The van der Waals surface area contributed by atoms with E-state index in [1.165, 1.54) is 11.0 Å². The number of anilines is 2. The second kappa shape index (κ2) is 9.28. The average molecular weight is 472 g/mol. The third-order valence-electron chi connectivity index (χ3n) is 5.41. The van der Waals surface area contributed by atoms with E-state index in [1.54, 1.807) is 25.3 Å². The van der Waals surface area contributed by atoms with Crippen LogP contribution in [0, 0.1) is 6.92 Å². The third kappa shape index (κ3) is 4.34. The highest BCUT2D eigenvalue weighted by Gasteiger charge is 2.35. The Labute approximate surface area is 196 Å². The van der Waals surface area contributed by atoms with Gasteiger partial charge in [0.2, 0.25) is 0 Å². The van der Waals surface area contributed by atoms with Gasteiger partial charge in [-0.25, -0.2) is 0 Å². The van der Waals surface area contributed by atoms with Gasteiger partial charge in [-0.2, -0.15) is 0 Å². The number of ether oxygens (including phenoxy) is 2. The van der Waals surface area contributed by atoms with Crippen molar-refractivity contribution in [3.63, 3.8) is 0 Å². The Hall–Kier alpha value is -2.94. The minimum Gasteiger partial charge on any atom is -0.496 e. The fraction of sp³-hybridized carbons (Fsp3) is 0.261. The lowest BCUT2D eigenvalue weighted by Gasteiger charge is -2.30. The molecule has 2 fully saturated rings. The molecule has 166 valence electrons. The van der Waals surface area contributed by atoms with Crippen molar-refractivity contribution >= 4 is 58.2 Å². The number of methoxy groups -OCH3 is 1. The van der Waals surface area contributed by atoms with E-state index in [4.69, 9.17) is 33.3 Å². The Bertz CT molecular complexity index is 1130.